The number of anilines is 1. The Kier molecular flexibility index (Phi) is 6.77. The van der Waals surface area contributed by atoms with E-state index in [0.717, 1.165) is 0 Å². The molecular formula is C16H18N3O3. The van der Waals surface area contributed by atoms with Crippen LogP contribution in [-0.4, -0.2) is 24.1 Å². The lowest BCUT2D eigenvalue weighted by atomic mass is 9.97. The minimum atomic E-state index is -0.781. The molecule has 1 rings (SSSR count). The minimum absolute atomic E-state index is 0.172. The van der Waals surface area contributed by atoms with Crippen molar-refractivity contribution in [3.8, 4) is 6.07 Å². The van der Waals surface area contributed by atoms with Crippen molar-refractivity contribution in [2.45, 2.75) is 25.7 Å². The molecule has 0 fully saturated rings. The molecule has 2 amide bonds. The maximum atomic E-state index is 11.7. The fraction of sp³-hybridized carbons (Fsp3) is 0.312. The fourth-order valence-electron chi connectivity index (χ4n) is 1.86. The lowest BCUT2D eigenvalue weighted by Crippen LogP contribution is -2.22. The molecule has 0 aliphatic carbocycles. The van der Waals surface area contributed by atoms with Crippen LogP contribution in [0.5, 0.6) is 0 Å². The third-order valence-electron chi connectivity index (χ3n) is 2.97. The summed E-state index contributed by atoms with van der Waals surface area (Å²) in [5.41, 5.74) is 1.20. The molecule has 0 aliphatic heterocycles. The molecule has 0 heterocycles. The summed E-state index contributed by atoms with van der Waals surface area (Å²) in [7, 11) is 0. The van der Waals surface area contributed by atoms with Crippen molar-refractivity contribution in [2.75, 3.05) is 11.9 Å². The Labute approximate surface area is 129 Å². The summed E-state index contributed by atoms with van der Waals surface area (Å²) in [6.45, 7) is 4.94. The molecule has 1 atom stereocenters. The predicted octanol–water partition coefficient (Wildman–Crippen LogP) is 1.55. The van der Waals surface area contributed by atoms with Gasteiger partial charge in [0.15, 0.2) is 5.78 Å². The van der Waals surface area contributed by atoms with Crippen molar-refractivity contribution in [1.82, 2.24) is 5.32 Å². The number of carbonyl (C=O) groups excluding carboxylic acids is 3. The van der Waals surface area contributed by atoms with Crippen LogP contribution in [0.4, 0.5) is 5.69 Å². The molecule has 0 saturated carbocycles. The first-order chi connectivity index (χ1) is 10.4. The van der Waals surface area contributed by atoms with E-state index in [4.69, 9.17) is 5.26 Å². The highest BCUT2D eigenvalue weighted by atomic mass is 16.2. The van der Waals surface area contributed by atoms with Crippen LogP contribution >= 0.6 is 0 Å². The van der Waals surface area contributed by atoms with Crippen LogP contribution in [0.2, 0.25) is 0 Å². The summed E-state index contributed by atoms with van der Waals surface area (Å²) in [6.07, 6.45) is 0.794. The summed E-state index contributed by atoms with van der Waals surface area (Å²) in [4.78, 5) is 33.6. The summed E-state index contributed by atoms with van der Waals surface area (Å²) in [6, 6.07) is 8.54. The van der Waals surface area contributed by atoms with Crippen LogP contribution < -0.4 is 10.6 Å². The van der Waals surface area contributed by atoms with Crippen molar-refractivity contribution in [1.29, 1.82) is 5.26 Å². The van der Waals surface area contributed by atoms with E-state index >= 15 is 0 Å². The summed E-state index contributed by atoms with van der Waals surface area (Å²) in [5, 5.41) is 14.2. The molecule has 0 aliphatic rings. The number of hydrogen-bond acceptors (Lipinski definition) is 4. The molecule has 0 bridgehead atoms. The van der Waals surface area contributed by atoms with Crippen LogP contribution in [0.1, 0.15) is 31.2 Å². The van der Waals surface area contributed by atoms with E-state index in [1.54, 1.807) is 24.3 Å². The lowest BCUT2D eigenvalue weighted by Gasteiger charge is -2.08. The molecule has 115 valence electrons. The number of nitrogens with one attached hydrogen (secondary N) is 2. The van der Waals surface area contributed by atoms with Crippen LogP contribution in [0.3, 0.4) is 0 Å². The molecule has 0 saturated heterocycles. The molecule has 6 nitrogen and oxygen atoms in total. The van der Waals surface area contributed by atoms with Gasteiger partial charge in [-0.15, -0.1) is 0 Å². The Hall–Kier alpha value is -2.68. The van der Waals surface area contributed by atoms with E-state index in [1.807, 2.05) is 6.07 Å². The SMILES string of the molecule is [CH2]C(=O)NCCCC(=O)Nc1ccc(C(C#N)C(C)=O)cc1. The van der Waals surface area contributed by atoms with Gasteiger partial charge >= 0.3 is 0 Å². The van der Waals surface area contributed by atoms with Gasteiger partial charge in [-0.1, -0.05) is 12.1 Å². The van der Waals surface area contributed by atoms with E-state index in [-0.39, 0.29) is 24.0 Å². The maximum Gasteiger partial charge on any atom is 0.224 e. The van der Waals surface area contributed by atoms with Gasteiger partial charge in [0, 0.05) is 25.6 Å². The Morgan fingerprint density at radius 1 is 1.27 bits per heavy atom. The summed E-state index contributed by atoms with van der Waals surface area (Å²) in [5.74, 6) is -1.54. The smallest absolute Gasteiger partial charge is 0.224 e. The standard InChI is InChI=1S/C16H18N3O3/c1-11(20)15(10-17)13-5-7-14(8-6-13)19-16(22)4-3-9-18-12(2)21/h5-8,15H,2-4,9H2,1H3,(H,18,21)(H,19,22). The third kappa shape index (κ3) is 5.75. The Morgan fingerprint density at radius 3 is 2.41 bits per heavy atom. The second kappa shape index (κ2) is 8.57. The molecule has 1 radical (unpaired) electrons. The summed E-state index contributed by atoms with van der Waals surface area (Å²) < 4.78 is 0. The molecule has 0 spiro atoms. The van der Waals surface area contributed by atoms with Crippen LogP contribution in [0.15, 0.2) is 24.3 Å². The van der Waals surface area contributed by atoms with Gasteiger partial charge in [0.2, 0.25) is 11.8 Å². The number of carbonyl (C=O) groups is 3. The van der Waals surface area contributed by atoms with Crippen LogP contribution in [0.25, 0.3) is 0 Å². The first-order valence-corrected chi connectivity index (χ1v) is 6.83. The molecule has 1 aromatic rings. The monoisotopic (exact) mass is 300 g/mol. The average molecular weight is 300 g/mol. The zero-order valence-corrected chi connectivity index (χ0v) is 12.4. The Balaban J connectivity index is 2.50. The van der Waals surface area contributed by atoms with E-state index in [9.17, 15) is 14.4 Å². The minimum Gasteiger partial charge on any atom is -0.356 e. The van der Waals surface area contributed by atoms with E-state index in [1.165, 1.54) is 6.92 Å². The van der Waals surface area contributed by atoms with E-state index < -0.39 is 5.92 Å². The number of amides is 2. The number of Topliss-reactive ketones (excluding diaryl/α,β-unsaturated/α-hetero) is 1. The first kappa shape index (κ1) is 17.4. The highest BCUT2D eigenvalue weighted by Crippen LogP contribution is 2.18. The Bertz CT molecular complexity index is 588. The second-order valence-electron chi connectivity index (χ2n) is 4.80. The van der Waals surface area contributed by atoms with Gasteiger partial charge in [-0.05, 0) is 31.0 Å². The number of ketones is 1. The molecule has 0 aromatic heterocycles. The van der Waals surface area contributed by atoms with E-state index in [2.05, 4.69) is 17.6 Å². The zero-order valence-electron chi connectivity index (χ0n) is 12.4. The molecular weight excluding hydrogens is 282 g/mol. The Morgan fingerprint density at radius 2 is 1.91 bits per heavy atom. The summed E-state index contributed by atoms with van der Waals surface area (Å²) >= 11 is 0. The molecule has 1 unspecified atom stereocenters. The second-order valence-corrected chi connectivity index (χ2v) is 4.80. The molecule has 22 heavy (non-hydrogen) atoms. The van der Waals surface area contributed by atoms with Gasteiger partial charge in [0.05, 0.1) is 6.07 Å². The van der Waals surface area contributed by atoms with Crippen molar-refractivity contribution in [2.24, 2.45) is 0 Å². The normalized spacial score (nSPS) is 11.1. The highest BCUT2D eigenvalue weighted by Gasteiger charge is 2.15. The number of benzene rings is 1. The number of nitrogens with zero attached hydrogens (tertiary/aromatic N) is 1. The van der Waals surface area contributed by atoms with Gasteiger partial charge in [0.1, 0.15) is 5.92 Å². The van der Waals surface area contributed by atoms with Crippen molar-refractivity contribution >= 4 is 23.3 Å². The molecule has 6 heteroatoms. The molecule has 1 aromatic carbocycles. The van der Waals surface area contributed by atoms with Gasteiger partial charge in [-0.3, -0.25) is 14.4 Å². The third-order valence-corrected chi connectivity index (χ3v) is 2.97. The highest BCUT2D eigenvalue weighted by molar-refractivity contribution is 5.91. The van der Waals surface area contributed by atoms with Crippen molar-refractivity contribution < 1.29 is 14.4 Å². The quantitative estimate of drug-likeness (QED) is 0.746. The van der Waals surface area contributed by atoms with E-state index in [0.29, 0.717) is 24.2 Å². The van der Waals surface area contributed by atoms with Gasteiger partial charge in [-0.2, -0.15) is 5.26 Å². The largest absolute Gasteiger partial charge is 0.356 e. The molecule has 2 N–H and O–H groups in total. The number of nitriles is 1. The number of hydrogen-bond donors (Lipinski definition) is 2. The van der Waals surface area contributed by atoms with Crippen LogP contribution in [0, 0.1) is 18.3 Å². The lowest BCUT2D eigenvalue weighted by molar-refractivity contribution is -0.118. The fourth-order valence-corrected chi connectivity index (χ4v) is 1.86. The topological polar surface area (TPSA) is 99.1 Å². The van der Waals surface area contributed by atoms with Gasteiger partial charge in [0.25, 0.3) is 0 Å². The van der Waals surface area contributed by atoms with Crippen LogP contribution in [-0.2, 0) is 14.4 Å². The van der Waals surface area contributed by atoms with Crippen molar-refractivity contribution in [3.05, 3.63) is 36.8 Å². The first-order valence-electron chi connectivity index (χ1n) is 6.83. The van der Waals surface area contributed by atoms with Gasteiger partial charge < -0.3 is 10.6 Å². The number of rotatable bonds is 7. The maximum absolute atomic E-state index is 11.7. The van der Waals surface area contributed by atoms with Crippen molar-refractivity contribution in [3.63, 3.8) is 0 Å². The zero-order chi connectivity index (χ0) is 16.5. The average Bonchev–Trinajstić information content (AvgIpc) is 2.45. The predicted molar refractivity (Wildman–Crippen MR) is 81.7 cm³/mol. The van der Waals surface area contributed by atoms with Gasteiger partial charge in [-0.25, -0.2) is 0 Å².